The van der Waals surface area contributed by atoms with Gasteiger partial charge in [-0.2, -0.15) is 0 Å². The number of amides is 1. The summed E-state index contributed by atoms with van der Waals surface area (Å²) in [6.07, 6.45) is 2.57. The zero-order valence-electron chi connectivity index (χ0n) is 6.63. The Balaban J connectivity index is 2.92. The molecule has 0 saturated heterocycles. The minimum Gasteiger partial charge on any atom is -0.366 e. The predicted molar refractivity (Wildman–Crippen MR) is 49.6 cm³/mol. The SMILES string of the molecule is NC(=O)C=Cc1ccc(Cl)c(F)c1. The van der Waals surface area contributed by atoms with Crippen LogP contribution in [-0.2, 0) is 4.79 Å². The summed E-state index contributed by atoms with van der Waals surface area (Å²) in [6.45, 7) is 0. The zero-order chi connectivity index (χ0) is 9.84. The van der Waals surface area contributed by atoms with Gasteiger partial charge in [0.2, 0.25) is 5.91 Å². The van der Waals surface area contributed by atoms with Gasteiger partial charge < -0.3 is 5.73 Å². The van der Waals surface area contributed by atoms with E-state index in [1.807, 2.05) is 0 Å². The third-order valence-electron chi connectivity index (χ3n) is 1.38. The first kappa shape index (κ1) is 9.74. The monoisotopic (exact) mass is 199 g/mol. The quantitative estimate of drug-likeness (QED) is 0.728. The number of halogens is 2. The van der Waals surface area contributed by atoms with Gasteiger partial charge in [0, 0.05) is 6.08 Å². The van der Waals surface area contributed by atoms with E-state index in [0.717, 1.165) is 6.08 Å². The highest BCUT2D eigenvalue weighted by Crippen LogP contribution is 2.16. The summed E-state index contributed by atoms with van der Waals surface area (Å²) in [5, 5.41) is 0.0521. The molecule has 0 radical (unpaired) electrons. The predicted octanol–water partition coefficient (Wildman–Crippen LogP) is 1.98. The molecule has 0 unspecified atom stereocenters. The highest BCUT2D eigenvalue weighted by molar-refractivity contribution is 6.30. The number of benzene rings is 1. The van der Waals surface area contributed by atoms with Gasteiger partial charge in [-0.15, -0.1) is 0 Å². The third kappa shape index (κ3) is 2.87. The van der Waals surface area contributed by atoms with Crippen LogP contribution in [0.4, 0.5) is 4.39 Å². The first-order chi connectivity index (χ1) is 6.09. The van der Waals surface area contributed by atoms with E-state index in [1.54, 1.807) is 6.07 Å². The molecule has 0 heterocycles. The van der Waals surface area contributed by atoms with Crippen LogP contribution < -0.4 is 5.73 Å². The van der Waals surface area contributed by atoms with Crippen LogP contribution >= 0.6 is 11.6 Å². The molecule has 13 heavy (non-hydrogen) atoms. The molecule has 1 aromatic rings. The lowest BCUT2D eigenvalue weighted by Gasteiger charge is -1.95. The molecule has 0 aliphatic heterocycles. The Labute approximate surface area is 79.8 Å². The van der Waals surface area contributed by atoms with Crippen LogP contribution in [0.5, 0.6) is 0 Å². The lowest BCUT2D eigenvalue weighted by Crippen LogP contribution is -2.05. The molecule has 1 rings (SSSR count). The third-order valence-corrected chi connectivity index (χ3v) is 1.69. The van der Waals surface area contributed by atoms with Gasteiger partial charge in [0.05, 0.1) is 5.02 Å². The number of hydrogen-bond donors (Lipinski definition) is 1. The molecule has 0 bridgehead atoms. The van der Waals surface area contributed by atoms with Gasteiger partial charge in [-0.1, -0.05) is 17.7 Å². The van der Waals surface area contributed by atoms with Crippen molar-refractivity contribution in [1.29, 1.82) is 0 Å². The Kier molecular flexibility index (Phi) is 3.03. The van der Waals surface area contributed by atoms with E-state index < -0.39 is 11.7 Å². The molecule has 0 spiro atoms. The number of hydrogen-bond acceptors (Lipinski definition) is 1. The van der Waals surface area contributed by atoms with E-state index >= 15 is 0 Å². The van der Waals surface area contributed by atoms with Crippen molar-refractivity contribution in [2.24, 2.45) is 5.73 Å². The fourth-order valence-electron chi connectivity index (χ4n) is 0.794. The van der Waals surface area contributed by atoms with Crippen molar-refractivity contribution < 1.29 is 9.18 Å². The molecule has 68 valence electrons. The van der Waals surface area contributed by atoms with Crippen molar-refractivity contribution in [2.75, 3.05) is 0 Å². The Hall–Kier alpha value is -1.35. The Morgan fingerprint density at radius 1 is 1.54 bits per heavy atom. The second-order valence-electron chi connectivity index (χ2n) is 2.41. The van der Waals surface area contributed by atoms with Gasteiger partial charge >= 0.3 is 0 Å². The van der Waals surface area contributed by atoms with Crippen molar-refractivity contribution in [3.8, 4) is 0 Å². The first-order valence-electron chi connectivity index (χ1n) is 3.52. The Morgan fingerprint density at radius 2 is 2.23 bits per heavy atom. The maximum absolute atomic E-state index is 12.8. The van der Waals surface area contributed by atoms with Crippen molar-refractivity contribution in [3.63, 3.8) is 0 Å². The van der Waals surface area contributed by atoms with Crippen LogP contribution in [0.2, 0.25) is 5.02 Å². The van der Waals surface area contributed by atoms with Crippen LogP contribution in [0.3, 0.4) is 0 Å². The molecular formula is C9H7ClFNO. The van der Waals surface area contributed by atoms with E-state index in [1.165, 1.54) is 18.2 Å². The number of carbonyl (C=O) groups is 1. The second kappa shape index (κ2) is 4.05. The summed E-state index contributed by atoms with van der Waals surface area (Å²) in [7, 11) is 0. The molecule has 0 fully saturated rings. The van der Waals surface area contributed by atoms with Gasteiger partial charge in [0.25, 0.3) is 0 Å². The summed E-state index contributed by atoms with van der Waals surface area (Å²) in [5.74, 6) is -1.09. The molecule has 1 amide bonds. The average Bonchev–Trinajstić information content (AvgIpc) is 2.07. The normalized spacial score (nSPS) is 10.6. The number of rotatable bonds is 2. The fraction of sp³-hybridized carbons (Fsp3) is 0. The standard InChI is InChI=1S/C9H7ClFNO/c10-7-3-1-6(5-8(7)11)2-4-9(12)13/h1-5H,(H2,12,13). The van der Waals surface area contributed by atoms with Crippen LogP contribution in [0, 0.1) is 5.82 Å². The summed E-state index contributed by atoms with van der Waals surface area (Å²) < 4.78 is 12.8. The largest absolute Gasteiger partial charge is 0.366 e. The Bertz CT molecular complexity index is 363. The van der Waals surface area contributed by atoms with Gasteiger partial charge in [-0.3, -0.25) is 4.79 Å². The second-order valence-corrected chi connectivity index (χ2v) is 2.82. The van der Waals surface area contributed by atoms with E-state index in [9.17, 15) is 9.18 Å². The number of carbonyl (C=O) groups excluding carboxylic acids is 1. The molecule has 2 N–H and O–H groups in total. The average molecular weight is 200 g/mol. The van der Waals surface area contributed by atoms with E-state index in [4.69, 9.17) is 17.3 Å². The van der Waals surface area contributed by atoms with Gasteiger partial charge in [0.1, 0.15) is 5.82 Å². The van der Waals surface area contributed by atoms with E-state index in [-0.39, 0.29) is 5.02 Å². The first-order valence-corrected chi connectivity index (χ1v) is 3.90. The van der Waals surface area contributed by atoms with Crippen molar-refractivity contribution >= 4 is 23.6 Å². The van der Waals surface area contributed by atoms with Crippen LogP contribution in [0.15, 0.2) is 24.3 Å². The van der Waals surface area contributed by atoms with Crippen LogP contribution in [0.1, 0.15) is 5.56 Å². The molecule has 4 heteroatoms. The molecular weight excluding hydrogens is 193 g/mol. The number of primary amides is 1. The molecule has 1 aromatic carbocycles. The highest BCUT2D eigenvalue weighted by Gasteiger charge is 1.98. The summed E-state index contributed by atoms with van der Waals surface area (Å²) in [6, 6.07) is 4.23. The molecule has 0 saturated carbocycles. The number of nitrogens with two attached hydrogens (primary N) is 1. The lowest BCUT2D eigenvalue weighted by atomic mass is 10.2. The molecule has 0 atom stereocenters. The fourth-order valence-corrected chi connectivity index (χ4v) is 0.912. The van der Waals surface area contributed by atoms with E-state index in [0.29, 0.717) is 5.56 Å². The van der Waals surface area contributed by atoms with Crippen LogP contribution in [-0.4, -0.2) is 5.91 Å². The van der Waals surface area contributed by atoms with Crippen molar-refractivity contribution in [2.45, 2.75) is 0 Å². The summed E-state index contributed by atoms with van der Waals surface area (Å²) >= 11 is 5.45. The molecule has 0 aromatic heterocycles. The van der Waals surface area contributed by atoms with Crippen molar-refractivity contribution in [3.05, 3.63) is 40.7 Å². The molecule has 0 aliphatic rings. The van der Waals surface area contributed by atoms with Gasteiger partial charge in [-0.05, 0) is 23.8 Å². The van der Waals surface area contributed by atoms with Crippen molar-refractivity contribution in [1.82, 2.24) is 0 Å². The van der Waals surface area contributed by atoms with Gasteiger partial charge in [0.15, 0.2) is 0 Å². The van der Waals surface area contributed by atoms with Crippen LogP contribution in [0.25, 0.3) is 6.08 Å². The highest BCUT2D eigenvalue weighted by atomic mass is 35.5. The maximum atomic E-state index is 12.8. The minimum absolute atomic E-state index is 0.0521. The maximum Gasteiger partial charge on any atom is 0.241 e. The zero-order valence-corrected chi connectivity index (χ0v) is 7.38. The Morgan fingerprint density at radius 3 is 2.77 bits per heavy atom. The minimum atomic E-state index is -0.574. The lowest BCUT2D eigenvalue weighted by molar-refractivity contribution is -0.113. The molecule has 0 aliphatic carbocycles. The van der Waals surface area contributed by atoms with Gasteiger partial charge in [-0.25, -0.2) is 4.39 Å². The topological polar surface area (TPSA) is 43.1 Å². The molecule has 2 nitrogen and oxygen atoms in total. The summed E-state index contributed by atoms with van der Waals surface area (Å²) in [5.41, 5.74) is 5.41. The van der Waals surface area contributed by atoms with E-state index in [2.05, 4.69) is 0 Å². The smallest absolute Gasteiger partial charge is 0.241 e. The summed E-state index contributed by atoms with van der Waals surface area (Å²) in [4.78, 5) is 10.3.